The summed E-state index contributed by atoms with van der Waals surface area (Å²) < 4.78 is 5.65. The molecule has 0 saturated carbocycles. The molecule has 0 unspecified atom stereocenters. The first-order chi connectivity index (χ1) is 20.3. The minimum atomic E-state index is -1.07. The van der Waals surface area contributed by atoms with Crippen molar-refractivity contribution in [1.82, 2.24) is 0 Å². The van der Waals surface area contributed by atoms with E-state index in [0.29, 0.717) is 0 Å². The van der Waals surface area contributed by atoms with Gasteiger partial charge in [-0.1, -0.05) is 94.5 Å². The Labute approximate surface area is 256 Å². The van der Waals surface area contributed by atoms with Crippen LogP contribution in [0, 0.1) is 17.8 Å². The second kappa shape index (κ2) is 21.4. The molecule has 0 aromatic carbocycles. The fourth-order valence-corrected chi connectivity index (χ4v) is 4.91. The molecule has 1 rings (SSSR count). The fraction of sp³-hybridized carbons (Fsp3) is 0.618. The Kier molecular flexibility index (Phi) is 19.2. The molecule has 0 aromatic heterocycles. The number of carbonyl (C=O) groups is 1. The lowest BCUT2D eigenvalue weighted by Crippen LogP contribution is -2.30. The molecule has 0 spiro atoms. The second-order valence-corrected chi connectivity index (χ2v) is 12.0. The highest BCUT2D eigenvalue weighted by Gasteiger charge is 2.25. The minimum Gasteiger partial charge on any atom is -0.458 e. The van der Waals surface area contributed by atoms with Crippen molar-refractivity contribution < 1.29 is 45.3 Å². The van der Waals surface area contributed by atoms with Gasteiger partial charge in [-0.15, -0.1) is 0 Å². The lowest BCUT2D eigenvalue weighted by molar-refractivity contribution is -0.147. The monoisotopic (exact) mass is 606 g/mol. The van der Waals surface area contributed by atoms with Gasteiger partial charge in [-0.3, -0.25) is 0 Å². The molecule has 1 heterocycles. The van der Waals surface area contributed by atoms with Crippen molar-refractivity contribution >= 4 is 5.97 Å². The van der Waals surface area contributed by atoms with Gasteiger partial charge in [0.25, 0.3) is 0 Å². The summed E-state index contributed by atoms with van der Waals surface area (Å²) >= 11 is 0. The molecule has 7 N–H and O–H groups in total. The Morgan fingerprint density at radius 3 is 1.53 bits per heavy atom. The molecule has 0 fully saturated rings. The molecule has 9 heteroatoms. The molecule has 0 aromatic rings. The first kappa shape index (κ1) is 38.7. The summed E-state index contributed by atoms with van der Waals surface area (Å²) in [6.07, 6.45) is 12.8. The van der Waals surface area contributed by atoms with E-state index in [2.05, 4.69) is 0 Å². The summed E-state index contributed by atoms with van der Waals surface area (Å²) in [6, 6.07) is 0. The predicted molar refractivity (Wildman–Crippen MR) is 168 cm³/mol. The van der Waals surface area contributed by atoms with Crippen LogP contribution in [-0.2, 0) is 9.53 Å². The van der Waals surface area contributed by atoms with Crippen LogP contribution in [0.1, 0.15) is 66.2 Å². The first-order valence-corrected chi connectivity index (χ1v) is 15.3. The van der Waals surface area contributed by atoms with Crippen LogP contribution in [0.5, 0.6) is 0 Å². The molecule has 1 aliphatic rings. The fourth-order valence-electron chi connectivity index (χ4n) is 4.91. The maximum absolute atomic E-state index is 12.4. The van der Waals surface area contributed by atoms with E-state index in [1.54, 1.807) is 48.6 Å². The number of rotatable bonds is 1. The molecule has 1 aliphatic heterocycles. The minimum absolute atomic E-state index is 0.0164. The first-order valence-electron chi connectivity index (χ1n) is 15.3. The van der Waals surface area contributed by atoms with Crippen LogP contribution >= 0.6 is 0 Å². The van der Waals surface area contributed by atoms with Gasteiger partial charge in [-0.05, 0) is 38.0 Å². The van der Waals surface area contributed by atoms with Gasteiger partial charge in [0.1, 0.15) is 6.10 Å². The molecular formula is C34H54O9. The SMILES string of the molecule is CC(C)[C@@H]1OC(=O)/C=C/C=C/C=C/C=C/C=C/[C@H](C)[C@H](O)C[C@H](O)C[C@H](O)C[C@@H](O)C[C@H](O)C[C@@H](O)C[C@@H](O)/C=C/[C@@H]1C. The Bertz CT molecular complexity index is 952. The zero-order chi connectivity index (χ0) is 32.4. The summed E-state index contributed by atoms with van der Waals surface area (Å²) in [5.74, 6) is -0.922. The van der Waals surface area contributed by atoms with Crippen LogP contribution in [0.2, 0.25) is 0 Å². The largest absolute Gasteiger partial charge is 0.458 e. The molecule has 244 valence electrons. The number of carbonyl (C=O) groups excluding carboxylic acids is 1. The normalized spacial score (nSPS) is 40.0. The highest BCUT2D eigenvalue weighted by atomic mass is 16.5. The molecule has 10 atom stereocenters. The van der Waals surface area contributed by atoms with Crippen LogP contribution < -0.4 is 0 Å². The summed E-state index contributed by atoms with van der Waals surface area (Å²) in [5.41, 5.74) is 0. The van der Waals surface area contributed by atoms with Gasteiger partial charge in [0.2, 0.25) is 0 Å². The second-order valence-electron chi connectivity index (χ2n) is 12.0. The third kappa shape index (κ3) is 18.1. The van der Waals surface area contributed by atoms with Gasteiger partial charge in [0.05, 0.1) is 42.7 Å². The Hall–Kier alpha value is -2.37. The maximum Gasteiger partial charge on any atom is 0.331 e. The average molecular weight is 607 g/mol. The van der Waals surface area contributed by atoms with Gasteiger partial charge < -0.3 is 40.5 Å². The van der Waals surface area contributed by atoms with Gasteiger partial charge in [-0.2, -0.15) is 0 Å². The molecule has 0 bridgehead atoms. The Balaban J connectivity index is 2.98. The third-order valence-electron chi connectivity index (χ3n) is 7.30. The van der Waals surface area contributed by atoms with E-state index < -0.39 is 54.8 Å². The average Bonchev–Trinajstić information content (AvgIpc) is 2.89. The van der Waals surface area contributed by atoms with E-state index in [4.69, 9.17) is 4.74 Å². The zero-order valence-electron chi connectivity index (χ0n) is 26.0. The summed E-state index contributed by atoms with van der Waals surface area (Å²) in [4.78, 5) is 12.4. The van der Waals surface area contributed by atoms with Crippen LogP contribution in [0.3, 0.4) is 0 Å². The Morgan fingerprint density at radius 2 is 1.02 bits per heavy atom. The smallest absolute Gasteiger partial charge is 0.331 e. The number of hydrogen-bond donors (Lipinski definition) is 7. The van der Waals surface area contributed by atoms with Crippen LogP contribution in [0.25, 0.3) is 0 Å². The molecule has 9 nitrogen and oxygen atoms in total. The van der Waals surface area contributed by atoms with E-state index in [-0.39, 0.29) is 56.3 Å². The van der Waals surface area contributed by atoms with Crippen LogP contribution in [0.4, 0.5) is 0 Å². The maximum atomic E-state index is 12.4. The summed E-state index contributed by atoms with van der Waals surface area (Å²) in [5, 5.41) is 72.4. The lowest BCUT2D eigenvalue weighted by Gasteiger charge is -2.25. The van der Waals surface area contributed by atoms with Crippen molar-refractivity contribution in [1.29, 1.82) is 0 Å². The lowest BCUT2D eigenvalue weighted by atomic mass is 9.93. The predicted octanol–water partition coefficient (Wildman–Crippen LogP) is 3.04. The standard InChI is InChI=1S/C34H54O9/c1-23(2)34-25(4)15-16-26(35)17-27(36)18-28(37)19-29(38)20-30(39)21-31(40)22-32(41)24(3)13-11-9-7-5-6-8-10-12-14-33(42)43-34/h5-16,23-32,34-41H,17-22H2,1-4H3/b6-5+,9-7+,10-8+,13-11+,14-12+,16-15+/t24-,25-,26-,27-,28+,29-,30+,31+,32+,34-/m0/s1. The third-order valence-corrected chi connectivity index (χ3v) is 7.30. The van der Waals surface area contributed by atoms with Crippen LogP contribution in [0.15, 0.2) is 72.9 Å². The van der Waals surface area contributed by atoms with Crippen molar-refractivity contribution in [2.75, 3.05) is 0 Å². The topological polar surface area (TPSA) is 168 Å². The van der Waals surface area contributed by atoms with E-state index >= 15 is 0 Å². The highest BCUT2D eigenvalue weighted by Crippen LogP contribution is 2.21. The van der Waals surface area contributed by atoms with Gasteiger partial charge >= 0.3 is 5.97 Å². The number of allylic oxidation sites excluding steroid dienone is 8. The van der Waals surface area contributed by atoms with Crippen molar-refractivity contribution in [3.05, 3.63) is 72.9 Å². The number of aliphatic hydroxyl groups excluding tert-OH is 7. The van der Waals surface area contributed by atoms with Gasteiger partial charge in [0.15, 0.2) is 0 Å². The molecule has 0 radical (unpaired) electrons. The van der Waals surface area contributed by atoms with Crippen LogP contribution in [-0.4, -0.2) is 90.5 Å². The number of esters is 1. The van der Waals surface area contributed by atoms with Crippen molar-refractivity contribution in [3.8, 4) is 0 Å². The number of aliphatic hydroxyl groups is 7. The van der Waals surface area contributed by atoms with Gasteiger partial charge in [0, 0.05) is 24.3 Å². The molecule has 43 heavy (non-hydrogen) atoms. The molecule has 0 amide bonds. The van der Waals surface area contributed by atoms with E-state index in [0.717, 1.165) is 0 Å². The summed E-state index contributed by atoms with van der Waals surface area (Å²) in [7, 11) is 0. The summed E-state index contributed by atoms with van der Waals surface area (Å²) in [6.45, 7) is 7.56. The number of ether oxygens (including phenoxy) is 1. The van der Waals surface area contributed by atoms with E-state index in [1.807, 2.05) is 39.8 Å². The van der Waals surface area contributed by atoms with E-state index in [9.17, 15) is 40.5 Å². The van der Waals surface area contributed by atoms with Crippen molar-refractivity contribution in [2.45, 2.75) is 115 Å². The van der Waals surface area contributed by atoms with E-state index in [1.165, 1.54) is 12.2 Å². The zero-order valence-corrected chi connectivity index (χ0v) is 26.0. The van der Waals surface area contributed by atoms with Crippen molar-refractivity contribution in [2.24, 2.45) is 17.8 Å². The quantitative estimate of drug-likeness (QED) is 0.175. The highest BCUT2D eigenvalue weighted by molar-refractivity contribution is 5.82. The Morgan fingerprint density at radius 1 is 0.581 bits per heavy atom. The molecule has 0 saturated heterocycles. The van der Waals surface area contributed by atoms with Crippen molar-refractivity contribution in [3.63, 3.8) is 0 Å². The number of hydrogen-bond acceptors (Lipinski definition) is 9. The molecular weight excluding hydrogens is 552 g/mol. The number of cyclic esters (lactones) is 1. The van der Waals surface area contributed by atoms with Gasteiger partial charge in [-0.25, -0.2) is 4.79 Å². The molecule has 0 aliphatic carbocycles.